The van der Waals surface area contributed by atoms with Gasteiger partial charge in [-0.25, -0.2) is 9.97 Å². The fourth-order valence-corrected chi connectivity index (χ4v) is 1.67. The molecule has 0 saturated heterocycles. The molecule has 1 amide bonds. The Kier molecular flexibility index (Phi) is 4.24. The molecule has 6 nitrogen and oxygen atoms in total. The molecule has 0 unspecified atom stereocenters. The summed E-state index contributed by atoms with van der Waals surface area (Å²) >= 11 is 0. The summed E-state index contributed by atoms with van der Waals surface area (Å²) in [5.74, 6) is 0.417. The minimum atomic E-state index is -0.215. The molecular weight excluding hydrogens is 254 g/mol. The van der Waals surface area contributed by atoms with Gasteiger partial charge in [-0.3, -0.25) is 9.78 Å². The van der Waals surface area contributed by atoms with Crippen molar-refractivity contribution in [2.45, 2.75) is 13.5 Å². The number of nitrogens with one attached hydrogen (secondary N) is 1. The molecule has 0 fully saturated rings. The van der Waals surface area contributed by atoms with Crippen LogP contribution < -0.4 is 10.2 Å². The highest BCUT2D eigenvalue weighted by molar-refractivity contribution is 5.92. The van der Waals surface area contributed by atoms with Crippen LogP contribution in [-0.2, 0) is 6.54 Å². The van der Waals surface area contributed by atoms with Crippen LogP contribution in [0.25, 0.3) is 0 Å². The van der Waals surface area contributed by atoms with Crippen molar-refractivity contribution in [3.63, 3.8) is 0 Å². The Morgan fingerprint density at radius 3 is 2.75 bits per heavy atom. The Labute approximate surface area is 117 Å². The fourth-order valence-electron chi connectivity index (χ4n) is 1.67. The second-order valence-corrected chi connectivity index (χ2v) is 4.59. The first kappa shape index (κ1) is 13.9. The number of carbonyl (C=O) groups is 1. The lowest BCUT2D eigenvalue weighted by atomic mass is 10.3. The average molecular weight is 271 g/mol. The highest BCUT2D eigenvalue weighted by atomic mass is 16.1. The van der Waals surface area contributed by atoms with Crippen LogP contribution in [-0.4, -0.2) is 35.0 Å². The SMILES string of the molecule is Cc1cc(CNC(=O)c2ccccn2)nc(N(C)C)n1. The molecule has 0 saturated carbocycles. The average Bonchev–Trinajstić information content (AvgIpc) is 2.45. The Morgan fingerprint density at radius 2 is 2.10 bits per heavy atom. The van der Waals surface area contributed by atoms with Crippen molar-refractivity contribution < 1.29 is 4.79 Å². The highest BCUT2D eigenvalue weighted by Gasteiger charge is 2.08. The number of hydrogen-bond acceptors (Lipinski definition) is 5. The summed E-state index contributed by atoms with van der Waals surface area (Å²) in [5.41, 5.74) is 2.03. The molecule has 0 bridgehead atoms. The van der Waals surface area contributed by atoms with E-state index in [-0.39, 0.29) is 5.91 Å². The third-order valence-electron chi connectivity index (χ3n) is 2.62. The van der Waals surface area contributed by atoms with E-state index < -0.39 is 0 Å². The van der Waals surface area contributed by atoms with Gasteiger partial charge in [-0.2, -0.15) is 0 Å². The number of amides is 1. The van der Waals surface area contributed by atoms with Crippen molar-refractivity contribution in [2.75, 3.05) is 19.0 Å². The van der Waals surface area contributed by atoms with Crippen molar-refractivity contribution in [1.29, 1.82) is 0 Å². The molecule has 20 heavy (non-hydrogen) atoms. The largest absolute Gasteiger partial charge is 0.347 e. The van der Waals surface area contributed by atoms with Crippen LogP contribution in [0, 0.1) is 6.92 Å². The molecule has 0 aliphatic heterocycles. The van der Waals surface area contributed by atoms with E-state index in [0.717, 1.165) is 11.4 Å². The molecule has 0 spiro atoms. The van der Waals surface area contributed by atoms with E-state index in [4.69, 9.17) is 0 Å². The van der Waals surface area contributed by atoms with Crippen LogP contribution in [0.1, 0.15) is 21.9 Å². The maximum atomic E-state index is 11.9. The summed E-state index contributed by atoms with van der Waals surface area (Å²) < 4.78 is 0. The van der Waals surface area contributed by atoms with Crippen molar-refractivity contribution in [2.24, 2.45) is 0 Å². The van der Waals surface area contributed by atoms with Gasteiger partial charge in [0.1, 0.15) is 5.69 Å². The Balaban J connectivity index is 2.06. The first-order valence-electron chi connectivity index (χ1n) is 6.27. The van der Waals surface area contributed by atoms with E-state index in [0.29, 0.717) is 18.2 Å². The minimum absolute atomic E-state index is 0.215. The number of aryl methyl sites for hydroxylation is 1. The molecular formula is C14H17N5O. The quantitative estimate of drug-likeness (QED) is 0.904. The number of hydrogen-bond donors (Lipinski definition) is 1. The third-order valence-corrected chi connectivity index (χ3v) is 2.62. The number of carbonyl (C=O) groups excluding carboxylic acids is 1. The lowest BCUT2D eigenvalue weighted by Crippen LogP contribution is -2.25. The van der Waals surface area contributed by atoms with E-state index in [1.807, 2.05) is 32.0 Å². The molecule has 0 aromatic carbocycles. The molecule has 2 rings (SSSR count). The Morgan fingerprint density at radius 1 is 1.30 bits per heavy atom. The number of anilines is 1. The molecule has 6 heteroatoms. The second-order valence-electron chi connectivity index (χ2n) is 4.59. The first-order chi connectivity index (χ1) is 9.56. The van der Waals surface area contributed by atoms with Gasteiger partial charge in [-0.1, -0.05) is 6.07 Å². The Hall–Kier alpha value is -2.50. The van der Waals surface area contributed by atoms with E-state index in [9.17, 15) is 4.79 Å². The third kappa shape index (κ3) is 3.50. The molecule has 104 valence electrons. The minimum Gasteiger partial charge on any atom is -0.347 e. The summed E-state index contributed by atoms with van der Waals surface area (Å²) in [6.07, 6.45) is 1.59. The standard InChI is InChI=1S/C14H17N5O/c1-10-8-11(18-14(17-10)19(2)3)9-16-13(20)12-6-4-5-7-15-12/h4-8H,9H2,1-3H3,(H,16,20). The van der Waals surface area contributed by atoms with Gasteiger partial charge in [0.25, 0.3) is 5.91 Å². The molecule has 1 N–H and O–H groups in total. The van der Waals surface area contributed by atoms with E-state index >= 15 is 0 Å². The van der Waals surface area contributed by atoms with Crippen LogP contribution in [0.15, 0.2) is 30.5 Å². The van der Waals surface area contributed by atoms with Crippen LogP contribution in [0.5, 0.6) is 0 Å². The van der Waals surface area contributed by atoms with Gasteiger partial charge in [0, 0.05) is 26.0 Å². The lowest BCUT2D eigenvalue weighted by molar-refractivity contribution is 0.0945. The smallest absolute Gasteiger partial charge is 0.270 e. The highest BCUT2D eigenvalue weighted by Crippen LogP contribution is 2.07. The molecule has 2 aromatic rings. The number of rotatable bonds is 4. The van der Waals surface area contributed by atoms with Crippen LogP contribution in [0.3, 0.4) is 0 Å². The van der Waals surface area contributed by atoms with Gasteiger partial charge in [-0.15, -0.1) is 0 Å². The van der Waals surface area contributed by atoms with Gasteiger partial charge in [0.05, 0.1) is 12.2 Å². The summed E-state index contributed by atoms with van der Waals surface area (Å²) in [4.78, 5) is 26.4. The maximum Gasteiger partial charge on any atom is 0.270 e. The summed E-state index contributed by atoms with van der Waals surface area (Å²) in [5, 5.41) is 2.80. The summed E-state index contributed by atoms with van der Waals surface area (Å²) in [6, 6.07) is 7.08. The molecule has 0 aliphatic rings. The van der Waals surface area contributed by atoms with Crippen molar-refractivity contribution >= 4 is 11.9 Å². The van der Waals surface area contributed by atoms with Gasteiger partial charge < -0.3 is 10.2 Å². The van der Waals surface area contributed by atoms with Crippen LogP contribution in [0.4, 0.5) is 5.95 Å². The van der Waals surface area contributed by atoms with E-state index in [1.54, 1.807) is 24.4 Å². The topological polar surface area (TPSA) is 71.0 Å². The van der Waals surface area contributed by atoms with Crippen LogP contribution in [0.2, 0.25) is 0 Å². The van der Waals surface area contributed by atoms with Crippen molar-refractivity contribution in [3.05, 3.63) is 47.5 Å². The zero-order chi connectivity index (χ0) is 14.5. The molecule has 0 atom stereocenters. The predicted molar refractivity (Wildman–Crippen MR) is 76.5 cm³/mol. The lowest BCUT2D eigenvalue weighted by Gasteiger charge is -2.12. The van der Waals surface area contributed by atoms with E-state index in [1.165, 1.54) is 0 Å². The van der Waals surface area contributed by atoms with E-state index in [2.05, 4.69) is 20.3 Å². The number of pyridine rings is 1. The van der Waals surface area contributed by atoms with Crippen molar-refractivity contribution in [1.82, 2.24) is 20.3 Å². The number of aromatic nitrogens is 3. The summed E-state index contributed by atoms with van der Waals surface area (Å²) in [6.45, 7) is 2.25. The molecule has 2 aromatic heterocycles. The normalized spacial score (nSPS) is 10.2. The predicted octanol–water partition coefficient (Wildman–Crippen LogP) is 1.18. The zero-order valence-electron chi connectivity index (χ0n) is 11.8. The fraction of sp³-hybridized carbons (Fsp3) is 0.286. The number of nitrogens with zero attached hydrogens (tertiary/aromatic N) is 4. The molecule has 2 heterocycles. The monoisotopic (exact) mass is 271 g/mol. The Bertz CT molecular complexity index is 598. The molecule has 0 radical (unpaired) electrons. The zero-order valence-corrected chi connectivity index (χ0v) is 11.8. The van der Waals surface area contributed by atoms with Gasteiger partial charge in [0.2, 0.25) is 5.95 Å². The molecule has 0 aliphatic carbocycles. The first-order valence-corrected chi connectivity index (χ1v) is 6.27. The second kappa shape index (κ2) is 6.10. The summed E-state index contributed by atoms with van der Waals surface area (Å²) in [7, 11) is 3.76. The van der Waals surface area contributed by atoms with Crippen molar-refractivity contribution in [3.8, 4) is 0 Å². The maximum absolute atomic E-state index is 11.9. The van der Waals surface area contributed by atoms with Crippen LogP contribution >= 0.6 is 0 Å². The van der Waals surface area contributed by atoms with Gasteiger partial charge in [-0.05, 0) is 25.1 Å². The van der Waals surface area contributed by atoms with Gasteiger partial charge >= 0.3 is 0 Å². The van der Waals surface area contributed by atoms with Gasteiger partial charge in [0.15, 0.2) is 0 Å².